The number of imidazole rings is 1. The highest BCUT2D eigenvalue weighted by molar-refractivity contribution is 5.74. The van der Waals surface area contributed by atoms with Crippen LogP contribution in [0.2, 0.25) is 0 Å². The first kappa shape index (κ1) is 19.2. The standard InChI is InChI=1S/C17H27N7O3/c1-20(2)12-18-6-5-7-24-13-14(21(3)17(26)22(4)15(13)25)19-16(24)23-8-10-27-11-9-23/h12H,5-11H2,1-4H3. The zero-order valence-corrected chi connectivity index (χ0v) is 16.4. The van der Waals surface area contributed by atoms with Gasteiger partial charge >= 0.3 is 5.69 Å². The Morgan fingerprint density at radius 2 is 1.89 bits per heavy atom. The van der Waals surface area contributed by atoms with Gasteiger partial charge in [-0.05, 0) is 6.42 Å². The van der Waals surface area contributed by atoms with Crippen molar-refractivity contribution in [1.82, 2.24) is 23.6 Å². The molecule has 2 aromatic heterocycles. The minimum atomic E-state index is -0.374. The third kappa shape index (κ3) is 3.75. The molecule has 0 radical (unpaired) electrons. The minimum absolute atomic E-state index is 0.322. The van der Waals surface area contributed by atoms with Crippen molar-refractivity contribution in [2.75, 3.05) is 51.8 Å². The van der Waals surface area contributed by atoms with Gasteiger partial charge in [0.1, 0.15) is 0 Å². The highest BCUT2D eigenvalue weighted by Gasteiger charge is 2.23. The number of rotatable bonds is 6. The summed E-state index contributed by atoms with van der Waals surface area (Å²) in [5.41, 5.74) is 0.178. The highest BCUT2D eigenvalue weighted by atomic mass is 16.5. The van der Waals surface area contributed by atoms with E-state index in [1.54, 1.807) is 13.4 Å². The van der Waals surface area contributed by atoms with Gasteiger partial charge in [-0.1, -0.05) is 0 Å². The number of anilines is 1. The van der Waals surface area contributed by atoms with Crippen molar-refractivity contribution in [3.63, 3.8) is 0 Å². The summed E-state index contributed by atoms with van der Waals surface area (Å²) in [5.74, 6) is 0.711. The lowest BCUT2D eigenvalue weighted by Gasteiger charge is -2.28. The number of nitrogens with zero attached hydrogens (tertiary/aromatic N) is 7. The maximum Gasteiger partial charge on any atom is 0.332 e. The van der Waals surface area contributed by atoms with E-state index in [-0.39, 0.29) is 11.2 Å². The molecule has 0 aromatic carbocycles. The molecule has 0 spiro atoms. The first-order valence-electron chi connectivity index (χ1n) is 9.07. The van der Waals surface area contributed by atoms with Crippen LogP contribution >= 0.6 is 0 Å². The van der Waals surface area contributed by atoms with Gasteiger partial charge in [-0.15, -0.1) is 0 Å². The van der Waals surface area contributed by atoms with Gasteiger partial charge in [0.05, 0.1) is 19.6 Å². The Bertz CT molecular complexity index is 948. The summed E-state index contributed by atoms with van der Waals surface area (Å²) in [6.07, 6.45) is 2.54. The van der Waals surface area contributed by atoms with Crippen molar-refractivity contribution in [3.05, 3.63) is 20.8 Å². The monoisotopic (exact) mass is 377 g/mol. The molecule has 1 fully saturated rings. The van der Waals surface area contributed by atoms with Crippen molar-refractivity contribution in [1.29, 1.82) is 0 Å². The minimum Gasteiger partial charge on any atom is -0.378 e. The summed E-state index contributed by atoms with van der Waals surface area (Å²) in [7, 11) is 6.99. The van der Waals surface area contributed by atoms with E-state index in [9.17, 15) is 9.59 Å². The highest BCUT2D eigenvalue weighted by Crippen LogP contribution is 2.21. The average molecular weight is 377 g/mol. The van der Waals surface area contributed by atoms with Crippen LogP contribution < -0.4 is 16.1 Å². The van der Waals surface area contributed by atoms with E-state index in [4.69, 9.17) is 4.74 Å². The second-order valence-electron chi connectivity index (χ2n) is 6.88. The number of morpholine rings is 1. The predicted octanol–water partition coefficient (Wildman–Crippen LogP) is -0.750. The van der Waals surface area contributed by atoms with Crippen molar-refractivity contribution >= 4 is 23.5 Å². The SMILES string of the molecule is CN(C)C=NCCCn1c(N2CCOCC2)nc2c1c(=O)n(C)c(=O)n2C. The fraction of sp³-hybridized carbons (Fsp3) is 0.647. The number of ether oxygens (including phenoxy) is 1. The Morgan fingerprint density at radius 3 is 2.56 bits per heavy atom. The van der Waals surface area contributed by atoms with Crippen LogP contribution in [0.5, 0.6) is 0 Å². The Kier molecular flexibility index (Phi) is 5.64. The zero-order valence-electron chi connectivity index (χ0n) is 16.4. The Labute approximate surface area is 157 Å². The molecule has 0 atom stereocenters. The number of aryl methyl sites for hydroxylation is 2. The number of aliphatic imine (C=N–C) groups is 1. The molecule has 27 heavy (non-hydrogen) atoms. The first-order valence-corrected chi connectivity index (χ1v) is 9.07. The van der Waals surface area contributed by atoms with Gasteiger partial charge in [0.2, 0.25) is 5.95 Å². The lowest BCUT2D eigenvalue weighted by atomic mass is 10.4. The Balaban J connectivity index is 2.04. The summed E-state index contributed by atoms with van der Waals surface area (Å²) in [6.45, 7) is 3.89. The van der Waals surface area contributed by atoms with Crippen LogP contribution in [0.1, 0.15) is 6.42 Å². The third-order valence-corrected chi connectivity index (χ3v) is 4.60. The van der Waals surface area contributed by atoms with Crippen molar-refractivity contribution in [2.24, 2.45) is 19.1 Å². The molecule has 0 bridgehead atoms. The van der Waals surface area contributed by atoms with Crippen LogP contribution in [0, 0.1) is 0 Å². The predicted molar refractivity (Wildman–Crippen MR) is 105 cm³/mol. The van der Waals surface area contributed by atoms with Gasteiger partial charge in [-0.2, -0.15) is 4.98 Å². The van der Waals surface area contributed by atoms with Gasteiger partial charge in [-0.3, -0.25) is 18.9 Å². The maximum atomic E-state index is 12.8. The van der Waals surface area contributed by atoms with Gasteiger partial charge in [0.25, 0.3) is 5.56 Å². The number of aromatic nitrogens is 4. The normalized spacial score (nSPS) is 15.2. The molecule has 1 aliphatic heterocycles. The van der Waals surface area contributed by atoms with E-state index < -0.39 is 0 Å². The lowest BCUT2D eigenvalue weighted by molar-refractivity contribution is 0.121. The van der Waals surface area contributed by atoms with Crippen LogP contribution in [-0.4, -0.2) is 76.9 Å². The van der Waals surface area contributed by atoms with E-state index in [2.05, 4.69) is 14.9 Å². The second-order valence-corrected chi connectivity index (χ2v) is 6.88. The quantitative estimate of drug-likeness (QED) is 0.374. The summed E-state index contributed by atoms with van der Waals surface area (Å²) in [5, 5.41) is 0. The van der Waals surface area contributed by atoms with E-state index in [0.29, 0.717) is 56.5 Å². The summed E-state index contributed by atoms with van der Waals surface area (Å²) >= 11 is 0. The van der Waals surface area contributed by atoms with Crippen LogP contribution in [-0.2, 0) is 25.4 Å². The third-order valence-electron chi connectivity index (χ3n) is 4.60. The fourth-order valence-corrected chi connectivity index (χ4v) is 3.19. The average Bonchev–Trinajstić information content (AvgIpc) is 3.04. The summed E-state index contributed by atoms with van der Waals surface area (Å²) < 4.78 is 9.92. The molecule has 10 nitrogen and oxygen atoms in total. The van der Waals surface area contributed by atoms with Crippen LogP contribution in [0.3, 0.4) is 0 Å². The molecule has 0 unspecified atom stereocenters. The van der Waals surface area contributed by atoms with Crippen LogP contribution in [0.25, 0.3) is 11.2 Å². The van der Waals surface area contributed by atoms with Crippen LogP contribution in [0.4, 0.5) is 5.95 Å². The van der Waals surface area contributed by atoms with E-state index in [1.165, 1.54) is 11.6 Å². The second kappa shape index (κ2) is 7.95. The molecule has 1 aliphatic rings. The van der Waals surface area contributed by atoms with E-state index >= 15 is 0 Å². The molecule has 148 valence electrons. The molecule has 0 saturated carbocycles. The van der Waals surface area contributed by atoms with E-state index in [0.717, 1.165) is 11.0 Å². The van der Waals surface area contributed by atoms with Crippen molar-refractivity contribution in [3.8, 4) is 0 Å². The molecular formula is C17H27N7O3. The van der Waals surface area contributed by atoms with E-state index in [1.807, 2.05) is 23.6 Å². The Morgan fingerprint density at radius 1 is 1.19 bits per heavy atom. The smallest absolute Gasteiger partial charge is 0.332 e. The van der Waals surface area contributed by atoms with Crippen LogP contribution in [0.15, 0.2) is 14.6 Å². The topological polar surface area (TPSA) is 89.9 Å². The number of hydrogen-bond donors (Lipinski definition) is 0. The molecule has 0 N–H and O–H groups in total. The van der Waals surface area contributed by atoms with Gasteiger partial charge in [-0.25, -0.2) is 4.79 Å². The molecule has 3 heterocycles. The molecule has 2 aromatic rings. The first-order chi connectivity index (χ1) is 12.9. The fourth-order valence-electron chi connectivity index (χ4n) is 3.19. The van der Waals surface area contributed by atoms with Crippen molar-refractivity contribution < 1.29 is 4.74 Å². The molecule has 1 saturated heterocycles. The number of hydrogen-bond acceptors (Lipinski definition) is 6. The molecule has 10 heteroatoms. The largest absolute Gasteiger partial charge is 0.378 e. The summed E-state index contributed by atoms with van der Waals surface area (Å²) in [6, 6.07) is 0. The summed E-state index contributed by atoms with van der Waals surface area (Å²) in [4.78, 5) is 38.1. The lowest BCUT2D eigenvalue weighted by Crippen LogP contribution is -2.38. The zero-order chi connectivity index (χ0) is 19.6. The maximum absolute atomic E-state index is 12.8. The molecular weight excluding hydrogens is 350 g/mol. The van der Waals surface area contributed by atoms with Crippen molar-refractivity contribution in [2.45, 2.75) is 13.0 Å². The van der Waals surface area contributed by atoms with Gasteiger partial charge in [0.15, 0.2) is 11.2 Å². The van der Waals surface area contributed by atoms with Gasteiger partial charge < -0.3 is 19.1 Å². The molecule has 0 amide bonds. The van der Waals surface area contributed by atoms with Gasteiger partial charge in [0, 0.05) is 54.4 Å². The Hall–Kier alpha value is -2.62. The number of fused-ring (bicyclic) bond motifs is 1. The molecule has 0 aliphatic carbocycles. The molecule has 3 rings (SSSR count).